The molecular formula is C18H27F3N4O3. The van der Waals surface area contributed by atoms with Crippen LogP contribution in [0.3, 0.4) is 0 Å². The van der Waals surface area contributed by atoms with E-state index < -0.39 is 24.2 Å². The van der Waals surface area contributed by atoms with E-state index >= 15 is 0 Å². The van der Waals surface area contributed by atoms with Gasteiger partial charge in [0.05, 0.1) is 24.0 Å². The van der Waals surface area contributed by atoms with Gasteiger partial charge >= 0.3 is 12.5 Å². The van der Waals surface area contributed by atoms with Crippen LogP contribution in [0.25, 0.3) is 0 Å². The number of carbonyl (C=O) groups is 1. The van der Waals surface area contributed by atoms with E-state index in [1.807, 2.05) is 27.0 Å². The fourth-order valence-corrected chi connectivity index (χ4v) is 3.49. The van der Waals surface area contributed by atoms with E-state index in [0.29, 0.717) is 12.8 Å². The molecule has 0 unspecified atom stereocenters. The van der Waals surface area contributed by atoms with E-state index in [1.165, 1.54) is 0 Å². The highest BCUT2D eigenvalue weighted by atomic mass is 19.4. The molecule has 1 saturated carbocycles. The lowest BCUT2D eigenvalue weighted by Crippen LogP contribution is -2.46. The first-order valence-electron chi connectivity index (χ1n) is 9.52. The number of anilines is 1. The summed E-state index contributed by atoms with van der Waals surface area (Å²) in [6, 6.07) is 0.000488. The highest BCUT2D eigenvalue weighted by Gasteiger charge is 2.41. The Hall–Kier alpha value is -1.97. The number of hydrogen-bond acceptors (Lipinski definition) is 5. The van der Waals surface area contributed by atoms with Crippen LogP contribution in [0.5, 0.6) is 0 Å². The molecule has 1 aliphatic heterocycles. The standard InChI is InChI=1S/C18H27F3N4O3/c1-17(2,3)28-16(26)23-12-4-6-24(7-5-12)14-10-22-25(11-14)13-8-15(9-13)27-18(19,20)21/h10-13,15H,4-9H2,1-3H3,(H,23,26). The van der Waals surface area contributed by atoms with Gasteiger partial charge < -0.3 is 15.0 Å². The lowest BCUT2D eigenvalue weighted by Gasteiger charge is -2.35. The Morgan fingerprint density at radius 3 is 2.43 bits per heavy atom. The first kappa shape index (κ1) is 20.8. The molecule has 1 aromatic rings. The van der Waals surface area contributed by atoms with Crippen LogP contribution in [0.15, 0.2) is 12.4 Å². The van der Waals surface area contributed by atoms with Crippen LogP contribution < -0.4 is 10.2 Å². The highest BCUT2D eigenvalue weighted by molar-refractivity contribution is 5.68. The molecule has 2 fully saturated rings. The number of halogens is 3. The minimum Gasteiger partial charge on any atom is -0.444 e. The highest BCUT2D eigenvalue weighted by Crippen LogP contribution is 2.38. The lowest BCUT2D eigenvalue weighted by atomic mass is 9.89. The van der Waals surface area contributed by atoms with Gasteiger partial charge in [0, 0.05) is 25.3 Å². The molecule has 3 rings (SSSR count). The van der Waals surface area contributed by atoms with Gasteiger partial charge in [0.2, 0.25) is 0 Å². The molecule has 1 aliphatic carbocycles. The quantitative estimate of drug-likeness (QED) is 0.830. The number of carbonyl (C=O) groups excluding carboxylic acids is 1. The normalized spacial score (nSPS) is 24.0. The molecule has 1 saturated heterocycles. The molecule has 10 heteroatoms. The van der Waals surface area contributed by atoms with E-state index in [-0.39, 0.29) is 12.1 Å². The van der Waals surface area contributed by atoms with Gasteiger partial charge in [-0.1, -0.05) is 0 Å². The summed E-state index contributed by atoms with van der Waals surface area (Å²) >= 11 is 0. The van der Waals surface area contributed by atoms with Crippen LogP contribution in [0.4, 0.5) is 23.7 Å². The van der Waals surface area contributed by atoms with Crippen LogP contribution in [-0.4, -0.2) is 53.1 Å². The van der Waals surface area contributed by atoms with Crippen molar-refractivity contribution in [3.63, 3.8) is 0 Å². The number of alkyl halides is 3. The van der Waals surface area contributed by atoms with Crippen molar-refractivity contribution in [2.45, 2.75) is 76.6 Å². The van der Waals surface area contributed by atoms with Crippen molar-refractivity contribution >= 4 is 11.8 Å². The van der Waals surface area contributed by atoms with Gasteiger partial charge in [0.1, 0.15) is 5.60 Å². The minimum absolute atomic E-state index is 0.0625. The first-order valence-corrected chi connectivity index (χ1v) is 9.52. The van der Waals surface area contributed by atoms with Crippen molar-refractivity contribution in [3.05, 3.63) is 12.4 Å². The second-order valence-electron chi connectivity index (χ2n) is 8.40. The Labute approximate surface area is 162 Å². The number of alkyl carbamates (subject to hydrolysis) is 1. The number of rotatable bonds is 4. The summed E-state index contributed by atoms with van der Waals surface area (Å²) in [4.78, 5) is 14.0. The molecule has 28 heavy (non-hydrogen) atoms. The first-order chi connectivity index (χ1) is 13.0. The molecule has 0 spiro atoms. The summed E-state index contributed by atoms with van der Waals surface area (Å²) in [6.45, 7) is 7.00. The molecule has 0 bridgehead atoms. The van der Waals surface area contributed by atoms with Crippen molar-refractivity contribution in [3.8, 4) is 0 Å². The number of nitrogens with one attached hydrogen (secondary N) is 1. The van der Waals surface area contributed by atoms with E-state index in [0.717, 1.165) is 31.6 Å². The Morgan fingerprint density at radius 1 is 1.21 bits per heavy atom. The average Bonchev–Trinajstić information content (AvgIpc) is 2.97. The summed E-state index contributed by atoms with van der Waals surface area (Å²) in [5.41, 5.74) is 0.418. The Morgan fingerprint density at radius 2 is 1.86 bits per heavy atom. The summed E-state index contributed by atoms with van der Waals surface area (Å²) in [5.74, 6) is 0. The zero-order valence-corrected chi connectivity index (χ0v) is 16.3. The Bertz CT molecular complexity index is 672. The molecular weight excluding hydrogens is 377 g/mol. The number of piperidine rings is 1. The average molecular weight is 404 g/mol. The van der Waals surface area contributed by atoms with E-state index in [2.05, 4.69) is 20.1 Å². The van der Waals surface area contributed by atoms with E-state index in [4.69, 9.17) is 4.74 Å². The maximum atomic E-state index is 12.2. The maximum Gasteiger partial charge on any atom is 0.522 e. The van der Waals surface area contributed by atoms with E-state index in [1.54, 1.807) is 10.9 Å². The predicted molar refractivity (Wildman–Crippen MR) is 96.0 cm³/mol. The van der Waals surface area contributed by atoms with Gasteiger partial charge in [0.25, 0.3) is 0 Å². The monoisotopic (exact) mass is 404 g/mol. The molecule has 2 heterocycles. The fraction of sp³-hybridized carbons (Fsp3) is 0.778. The van der Waals surface area contributed by atoms with Crippen LogP contribution >= 0.6 is 0 Å². The summed E-state index contributed by atoms with van der Waals surface area (Å²) in [5, 5.41) is 7.20. The zero-order valence-electron chi connectivity index (χ0n) is 16.3. The summed E-state index contributed by atoms with van der Waals surface area (Å²) < 4.78 is 47.7. The summed E-state index contributed by atoms with van der Waals surface area (Å²) in [6.07, 6.45) is 0.0280. The number of ether oxygens (including phenoxy) is 2. The molecule has 2 aliphatic rings. The Kier molecular flexibility index (Phi) is 5.79. The van der Waals surface area contributed by atoms with Gasteiger partial charge in [0.15, 0.2) is 0 Å². The topological polar surface area (TPSA) is 68.6 Å². The SMILES string of the molecule is CC(C)(C)OC(=O)NC1CCN(c2cnn(C3CC(OC(F)(F)F)C3)c2)CC1. The van der Waals surface area contributed by atoms with Crippen molar-refractivity contribution in [2.24, 2.45) is 0 Å². The fourth-order valence-electron chi connectivity index (χ4n) is 3.49. The second-order valence-corrected chi connectivity index (χ2v) is 8.40. The van der Waals surface area contributed by atoms with Gasteiger partial charge in [-0.05, 0) is 46.5 Å². The maximum absolute atomic E-state index is 12.2. The molecule has 0 aromatic carbocycles. The lowest BCUT2D eigenvalue weighted by molar-refractivity contribution is -0.353. The van der Waals surface area contributed by atoms with Crippen molar-refractivity contribution in [1.82, 2.24) is 15.1 Å². The Balaban J connectivity index is 1.43. The number of amides is 1. The van der Waals surface area contributed by atoms with Crippen molar-refractivity contribution in [1.29, 1.82) is 0 Å². The molecule has 0 radical (unpaired) electrons. The van der Waals surface area contributed by atoms with Gasteiger partial charge in [-0.2, -0.15) is 5.10 Å². The second kappa shape index (κ2) is 7.81. The zero-order chi connectivity index (χ0) is 20.5. The number of nitrogens with zero attached hydrogens (tertiary/aromatic N) is 3. The third-order valence-electron chi connectivity index (χ3n) is 4.91. The number of aromatic nitrogens is 2. The van der Waals surface area contributed by atoms with Gasteiger partial charge in [-0.3, -0.25) is 9.42 Å². The van der Waals surface area contributed by atoms with Crippen LogP contribution in [0.1, 0.15) is 52.5 Å². The van der Waals surface area contributed by atoms with Crippen LogP contribution in [0.2, 0.25) is 0 Å². The van der Waals surface area contributed by atoms with Gasteiger partial charge in [-0.15, -0.1) is 13.2 Å². The minimum atomic E-state index is -4.58. The molecule has 1 aromatic heterocycles. The summed E-state index contributed by atoms with van der Waals surface area (Å²) in [7, 11) is 0. The van der Waals surface area contributed by atoms with Crippen LogP contribution in [0, 0.1) is 0 Å². The van der Waals surface area contributed by atoms with Crippen molar-refractivity contribution < 1.29 is 27.4 Å². The molecule has 0 atom stereocenters. The molecule has 7 nitrogen and oxygen atoms in total. The van der Waals surface area contributed by atoms with Crippen LogP contribution in [-0.2, 0) is 9.47 Å². The molecule has 158 valence electrons. The third-order valence-corrected chi connectivity index (χ3v) is 4.91. The molecule has 1 amide bonds. The smallest absolute Gasteiger partial charge is 0.444 e. The predicted octanol–water partition coefficient (Wildman–Crippen LogP) is 3.62. The largest absolute Gasteiger partial charge is 0.522 e. The van der Waals surface area contributed by atoms with Gasteiger partial charge in [-0.25, -0.2) is 4.79 Å². The molecule has 1 N–H and O–H groups in total. The number of hydrogen-bond donors (Lipinski definition) is 1. The van der Waals surface area contributed by atoms with E-state index in [9.17, 15) is 18.0 Å². The van der Waals surface area contributed by atoms with Crippen molar-refractivity contribution in [2.75, 3.05) is 18.0 Å². The third kappa shape index (κ3) is 5.76.